The van der Waals surface area contributed by atoms with Crippen molar-refractivity contribution in [3.8, 4) is 0 Å². The summed E-state index contributed by atoms with van der Waals surface area (Å²) in [5.74, 6) is -2.04. The van der Waals surface area contributed by atoms with Gasteiger partial charge in [-0.15, -0.1) is 0 Å². The van der Waals surface area contributed by atoms with Gasteiger partial charge in [-0.1, -0.05) is 24.3 Å². The van der Waals surface area contributed by atoms with E-state index in [9.17, 15) is 13.6 Å². The van der Waals surface area contributed by atoms with Gasteiger partial charge in [-0.2, -0.15) is 9.47 Å². The molecule has 0 saturated carbocycles. The first kappa shape index (κ1) is 14.3. The van der Waals surface area contributed by atoms with Crippen LogP contribution >= 0.6 is 11.5 Å². The van der Waals surface area contributed by atoms with Crippen molar-refractivity contribution in [2.75, 3.05) is 0 Å². The van der Waals surface area contributed by atoms with Crippen LogP contribution in [0.25, 0.3) is 10.1 Å². The lowest BCUT2D eigenvalue weighted by Gasteiger charge is -1.99. The number of benzene rings is 2. The van der Waals surface area contributed by atoms with E-state index in [0.717, 1.165) is 23.0 Å². The quantitative estimate of drug-likeness (QED) is 0.595. The number of rotatable bonds is 3. The van der Waals surface area contributed by atoms with Crippen molar-refractivity contribution >= 4 is 33.7 Å². The fraction of sp³-hybridized carbons (Fsp3) is 0. The summed E-state index contributed by atoms with van der Waals surface area (Å²) in [6.07, 6.45) is 0.928. The maximum atomic E-state index is 13.4. The molecule has 0 aliphatic carbocycles. The first-order chi connectivity index (χ1) is 10.7. The highest BCUT2D eigenvalue weighted by Gasteiger charge is 2.13. The molecule has 3 aromatic rings. The van der Waals surface area contributed by atoms with Crippen LogP contribution in [-0.2, 0) is 0 Å². The molecule has 1 amide bonds. The van der Waals surface area contributed by atoms with Crippen LogP contribution in [-0.4, -0.2) is 16.5 Å². The summed E-state index contributed by atoms with van der Waals surface area (Å²) in [7, 11) is 0. The van der Waals surface area contributed by atoms with Crippen LogP contribution in [0, 0.1) is 11.6 Å². The van der Waals surface area contributed by atoms with E-state index in [4.69, 9.17) is 0 Å². The number of aromatic nitrogens is 1. The van der Waals surface area contributed by atoms with Gasteiger partial charge in [0.2, 0.25) is 0 Å². The van der Waals surface area contributed by atoms with Crippen LogP contribution in [0.1, 0.15) is 16.1 Å². The number of hydrazone groups is 1. The number of nitrogens with zero attached hydrogens (tertiary/aromatic N) is 2. The molecule has 0 atom stereocenters. The predicted molar refractivity (Wildman–Crippen MR) is 81.0 cm³/mol. The van der Waals surface area contributed by atoms with Gasteiger partial charge in [-0.25, -0.2) is 14.2 Å². The minimum Gasteiger partial charge on any atom is -0.265 e. The molecule has 0 aliphatic heterocycles. The monoisotopic (exact) mass is 317 g/mol. The molecule has 0 saturated heterocycles. The van der Waals surface area contributed by atoms with Crippen molar-refractivity contribution in [2.24, 2.45) is 5.10 Å². The molecular weight excluding hydrogens is 308 g/mol. The molecule has 0 radical (unpaired) electrons. The highest BCUT2D eigenvalue weighted by atomic mass is 32.1. The number of halogens is 2. The van der Waals surface area contributed by atoms with Crippen LogP contribution in [0.3, 0.4) is 0 Å². The average molecular weight is 317 g/mol. The van der Waals surface area contributed by atoms with Crippen LogP contribution in [0.15, 0.2) is 47.6 Å². The number of hydrogen-bond donors (Lipinski definition) is 1. The molecule has 4 nitrogen and oxygen atoms in total. The normalized spacial score (nSPS) is 11.2. The Morgan fingerprint density at radius 3 is 2.64 bits per heavy atom. The second kappa shape index (κ2) is 5.98. The summed E-state index contributed by atoms with van der Waals surface area (Å²) in [4.78, 5) is 12.0. The fourth-order valence-electron chi connectivity index (χ4n) is 1.89. The first-order valence-electron chi connectivity index (χ1n) is 6.28. The van der Waals surface area contributed by atoms with Gasteiger partial charge in [0.25, 0.3) is 5.91 Å². The van der Waals surface area contributed by atoms with Crippen molar-refractivity contribution < 1.29 is 13.6 Å². The SMILES string of the molecule is O=C(N/N=C/c1c(F)cccc1F)c1nsc2ccccc12. The van der Waals surface area contributed by atoms with Crippen LogP contribution in [0.2, 0.25) is 0 Å². The summed E-state index contributed by atoms with van der Waals surface area (Å²) >= 11 is 1.19. The second-order valence-electron chi connectivity index (χ2n) is 4.36. The first-order valence-corrected chi connectivity index (χ1v) is 7.06. The zero-order valence-electron chi connectivity index (χ0n) is 11.1. The Balaban J connectivity index is 1.79. The van der Waals surface area contributed by atoms with E-state index in [2.05, 4.69) is 14.9 Å². The number of carbonyl (C=O) groups is 1. The lowest BCUT2D eigenvalue weighted by atomic mass is 10.2. The van der Waals surface area contributed by atoms with E-state index in [1.165, 1.54) is 17.6 Å². The summed E-state index contributed by atoms with van der Waals surface area (Å²) in [6.45, 7) is 0. The minimum atomic E-state index is -0.753. The summed E-state index contributed by atoms with van der Waals surface area (Å²) in [5, 5.41) is 4.29. The van der Waals surface area contributed by atoms with E-state index >= 15 is 0 Å². The smallest absolute Gasteiger partial charge is 0.265 e. The summed E-state index contributed by atoms with van der Waals surface area (Å²) in [5.41, 5.74) is 2.14. The molecule has 0 spiro atoms. The fourth-order valence-corrected chi connectivity index (χ4v) is 2.67. The Morgan fingerprint density at radius 2 is 1.86 bits per heavy atom. The van der Waals surface area contributed by atoms with Crippen molar-refractivity contribution in [3.63, 3.8) is 0 Å². The molecule has 0 bridgehead atoms. The molecule has 0 aliphatic rings. The van der Waals surface area contributed by atoms with E-state index in [1.54, 1.807) is 12.1 Å². The third-order valence-electron chi connectivity index (χ3n) is 2.95. The Labute approximate surface area is 128 Å². The van der Waals surface area contributed by atoms with Crippen molar-refractivity contribution in [1.82, 2.24) is 9.80 Å². The maximum Gasteiger partial charge on any atom is 0.291 e. The molecule has 22 heavy (non-hydrogen) atoms. The summed E-state index contributed by atoms with van der Waals surface area (Å²) < 4.78 is 31.7. The Morgan fingerprint density at radius 1 is 1.14 bits per heavy atom. The standard InChI is InChI=1S/C15H9F2N3OS/c16-11-5-3-6-12(17)10(11)8-18-19-15(21)14-9-4-1-2-7-13(9)22-20-14/h1-8H,(H,19,21)/b18-8+. The Hall–Kier alpha value is -2.67. The van der Waals surface area contributed by atoms with Crippen molar-refractivity contribution in [2.45, 2.75) is 0 Å². The van der Waals surface area contributed by atoms with Crippen LogP contribution in [0.5, 0.6) is 0 Å². The second-order valence-corrected chi connectivity index (χ2v) is 5.17. The lowest BCUT2D eigenvalue weighted by molar-refractivity contribution is 0.0953. The van der Waals surface area contributed by atoms with Gasteiger partial charge < -0.3 is 0 Å². The number of nitrogens with one attached hydrogen (secondary N) is 1. The zero-order chi connectivity index (χ0) is 15.5. The molecule has 2 aromatic carbocycles. The number of hydrogen-bond acceptors (Lipinski definition) is 4. The number of amides is 1. The zero-order valence-corrected chi connectivity index (χ0v) is 11.9. The van der Waals surface area contributed by atoms with Crippen molar-refractivity contribution in [1.29, 1.82) is 0 Å². The van der Waals surface area contributed by atoms with Crippen LogP contribution < -0.4 is 5.43 Å². The summed E-state index contributed by atoms with van der Waals surface area (Å²) in [6, 6.07) is 10.7. The number of carbonyl (C=O) groups excluding carboxylic acids is 1. The average Bonchev–Trinajstić information content (AvgIpc) is 2.94. The van der Waals surface area contributed by atoms with Gasteiger partial charge in [-0.05, 0) is 29.7 Å². The topological polar surface area (TPSA) is 54.4 Å². The van der Waals surface area contributed by atoms with Crippen molar-refractivity contribution in [3.05, 3.63) is 65.4 Å². The molecule has 7 heteroatoms. The van der Waals surface area contributed by atoms with E-state index < -0.39 is 17.5 Å². The maximum absolute atomic E-state index is 13.4. The molecule has 1 N–H and O–H groups in total. The molecule has 1 heterocycles. The van der Waals surface area contributed by atoms with Gasteiger partial charge in [-0.3, -0.25) is 4.79 Å². The lowest BCUT2D eigenvalue weighted by Crippen LogP contribution is -2.18. The molecule has 3 rings (SSSR count). The highest BCUT2D eigenvalue weighted by Crippen LogP contribution is 2.21. The Kier molecular flexibility index (Phi) is 3.88. The minimum absolute atomic E-state index is 0.228. The molecule has 0 fully saturated rings. The van der Waals surface area contributed by atoms with Gasteiger partial charge in [0, 0.05) is 5.39 Å². The molecule has 1 aromatic heterocycles. The predicted octanol–water partition coefficient (Wildman–Crippen LogP) is 3.34. The van der Waals surface area contributed by atoms with Gasteiger partial charge in [0.15, 0.2) is 5.69 Å². The third-order valence-corrected chi connectivity index (χ3v) is 3.78. The third kappa shape index (κ3) is 2.71. The van der Waals surface area contributed by atoms with Gasteiger partial charge in [0.1, 0.15) is 11.6 Å². The largest absolute Gasteiger partial charge is 0.291 e. The number of fused-ring (bicyclic) bond motifs is 1. The van der Waals surface area contributed by atoms with E-state index in [1.807, 2.05) is 12.1 Å². The van der Waals surface area contributed by atoms with E-state index in [0.29, 0.717) is 5.39 Å². The molecule has 110 valence electrons. The highest BCUT2D eigenvalue weighted by molar-refractivity contribution is 7.13. The Bertz CT molecular complexity index is 856. The molecular formula is C15H9F2N3OS. The van der Waals surface area contributed by atoms with Crippen LogP contribution in [0.4, 0.5) is 8.78 Å². The van der Waals surface area contributed by atoms with Gasteiger partial charge >= 0.3 is 0 Å². The van der Waals surface area contributed by atoms with E-state index in [-0.39, 0.29) is 11.3 Å². The molecule has 0 unspecified atom stereocenters. The van der Waals surface area contributed by atoms with Gasteiger partial charge in [0.05, 0.1) is 16.5 Å².